The lowest BCUT2D eigenvalue weighted by molar-refractivity contribution is -0.147. The molecule has 2 N–H and O–H groups in total. The third kappa shape index (κ3) is 2.94. The zero-order valence-corrected chi connectivity index (χ0v) is 12.3. The van der Waals surface area contributed by atoms with E-state index < -0.39 is 6.04 Å². The normalized spacial score (nSPS) is 18.2. The molecule has 6 heteroatoms. The highest BCUT2D eigenvalue weighted by molar-refractivity contribution is 6.00. The minimum absolute atomic E-state index is 0.255. The van der Waals surface area contributed by atoms with Crippen molar-refractivity contribution in [2.24, 2.45) is 0 Å². The molecular weight excluding hydrogens is 272 g/mol. The fraction of sp³-hybridized carbons (Fsp3) is 0.467. The molecule has 2 rings (SSSR count). The van der Waals surface area contributed by atoms with Crippen molar-refractivity contribution in [3.8, 4) is 5.75 Å². The van der Waals surface area contributed by atoms with Gasteiger partial charge in [-0.1, -0.05) is 6.07 Å². The summed E-state index contributed by atoms with van der Waals surface area (Å²) in [4.78, 5) is 26.2. The van der Waals surface area contributed by atoms with Gasteiger partial charge in [-0.15, -0.1) is 0 Å². The highest BCUT2D eigenvalue weighted by Crippen LogP contribution is 2.29. The number of para-hydroxylation sites is 1. The van der Waals surface area contributed by atoms with E-state index in [0.717, 1.165) is 12.8 Å². The van der Waals surface area contributed by atoms with Crippen molar-refractivity contribution in [1.82, 2.24) is 4.90 Å². The minimum Gasteiger partial charge on any atom is -0.494 e. The average molecular weight is 292 g/mol. The minimum atomic E-state index is -0.539. The Bertz CT molecular complexity index is 544. The molecule has 114 valence electrons. The zero-order valence-electron chi connectivity index (χ0n) is 12.3. The van der Waals surface area contributed by atoms with Gasteiger partial charge in [-0.2, -0.15) is 0 Å². The van der Waals surface area contributed by atoms with Gasteiger partial charge < -0.3 is 20.1 Å². The van der Waals surface area contributed by atoms with Gasteiger partial charge in [-0.3, -0.25) is 4.79 Å². The average Bonchev–Trinajstić information content (AvgIpc) is 2.53. The summed E-state index contributed by atoms with van der Waals surface area (Å²) in [7, 11) is 2.80. The van der Waals surface area contributed by atoms with Crippen molar-refractivity contribution >= 4 is 17.6 Å². The number of amides is 1. The Balaban J connectivity index is 2.33. The van der Waals surface area contributed by atoms with E-state index in [9.17, 15) is 9.59 Å². The first-order valence-electron chi connectivity index (χ1n) is 6.91. The van der Waals surface area contributed by atoms with E-state index in [2.05, 4.69) is 0 Å². The number of benzene rings is 1. The van der Waals surface area contributed by atoms with Crippen molar-refractivity contribution in [3.05, 3.63) is 23.8 Å². The van der Waals surface area contributed by atoms with Crippen LogP contribution in [0.1, 0.15) is 29.6 Å². The van der Waals surface area contributed by atoms with Gasteiger partial charge in [0.25, 0.3) is 5.91 Å². The Morgan fingerprint density at radius 2 is 2.05 bits per heavy atom. The zero-order chi connectivity index (χ0) is 15.4. The van der Waals surface area contributed by atoms with Gasteiger partial charge in [0.15, 0.2) is 5.75 Å². The molecule has 0 radical (unpaired) electrons. The number of nitrogens with zero attached hydrogens (tertiary/aromatic N) is 1. The van der Waals surface area contributed by atoms with Crippen LogP contribution in [-0.4, -0.2) is 43.6 Å². The van der Waals surface area contributed by atoms with E-state index in [1.54, 1.807) is 23.1 Å². The summed E-state index contributed by atoms with van der Waals surface area (Å²) in [6.07, 6.45) is 2.38. The Kier molecular flexibility index (Phi) is 4.67. The predicted molar refractivity (Wildman–Crippen MR) is 78.1 cm³/mol. The molecule has 1 aromatic rings. The van der Waals surface area contributed by atoms with Crippen molar-refractivity contribution in [3.63, 3.8) is 0 Å². The lowest BCUT2D eigenvalue weighted by Gasteiger charge is -2.34. The number of carbonyl (C=O) groups excluding carboxylic acids is 2. The van der Waals surface area contributed by atoms with Crippen LogP contribution in [0.2, 0.25) is 0 Å². The number of piperidine rings is 1. The van der Waals surface area contributed by atoms with E-state index in [0.29, 0.717) is 30.0 Å². The maximum absolute atomic E-state index is 12.7. The van der Waals surface area contributed by atoms with E-state index in [4.69, 9.17) is 15.2 Å². The van der Waals surface area contributed by atoms with Crippen LogP contribution in [-0.2, 0) is 9.53 Å². The first-order chi connectivity index (χ1) is 10.1. The van der Waals surface area contributed by atoms with Gasteiger partial charge >= 0.3 is 5.97 Å². The molecule has 0 saturated carbocycles. The second kappa shape index (κ2) is 6.47. The van der Waals surface area contributed by atoms with Crippen LogP contribution < -0.4 is 10.5 Å². The third-order valence-electron chi connectivity index (χ3n) is 3.72. The van der Waals surface area contributed by atoms with Gasteiger partial charge in [0.2, 0.25) is 0 Å². The number of nitrogens with two attached hydrogens (primary N) is 1. The number of rotatable bonds is 3. The molecule has 1 aliphatic rings. The molecule has 0 bridgehead atoms. The van der Waals surface area contributed by atoms with Gasteiger partial charge in [0.1, 0.15) is 6.04 Å². The van der Waals surface area contributed by atoms with Crippen LogP contribution in [0.3, 0.4) is 0 Å². The third-order valence-corrected chi connectivity index (χ3v) is 3.72. The lowest BCUT2D eigenvalue weighted by Crippen LogP contribution is -2.48. The SMILES string of the molecule is COC(=O)C1CCCCN1C(=O)c1cccc(N)c1OC. The summed E-state index contributed by atoms with van der Waals surface area (Å²) in [6, 6.07) is 4.48. The molecule has 1 heterocycles. The smallest absolute Gasteiger partial charge is 0.328 e. The molecule has 1 aliphatic heterocycles. The van der Waals surface area contributed by atoms with Gasteiger partial charge in [0.05, 0.1) is 25.5 Å². The molecule has 0 spiro atoms. The molecular formula is C15H20N2O4. The molecule has 0 aliphatic carbocycles. The quantitative estimate of drug-likeness (QED) is 0.673. The number of hydrogen-bond acceptors (Lipinski definition) is 5. The number of ether oxygens (including phenoxy) is 2. The molecule has 1 aromatic carbocycles. The van der Waals surface area contributed by atoms with Crippen LogP contribution in [0.15, 0.2) is 18.2 Å². The molecule has 1 atom stereocenters. The second-order valence-corrected chi connectivity index (χ2v) is 4.96. The number of esters is 1. The van der Waals surface area contributed by atoms with Crippen LogP contribution in [0.5, 0.6) is 5.75 Å². The number of nitrogen functional groups attached to an aromatic ring is 1. The largest absolute Gasteiger partial charge is 0.494 e. The van der Waals surface area contributed by atoms with Gasteiger partial charge in [-0.25, -0.2) is 4.79 Å². The number of methoxy groups -OCH3 is 2. The van der Waals surface area contributed by atoms with Gasteiger partial charge in [-0.05, 0) is 31.4 Å². The summed E-state index contributed by atoms with van der Waals surface area (Å²) < 4.78 is 10.0. The second-order valence-electron chi connectivity index (χ2n) is 4.96. The standard InChI is InChI=1S/C15H20N2O4/c1-20-13-10(6-5-7-11(13)16)14(18)17-9-4-3-8-12(17)15(19)21-2/h5-7,12H,3-4,8-9,16H2,1-2H3. The highest BCUT2D eigenvalue weighted by Gasteiger charge is 2.34. The molecule has 21 heavy (non-hydrogen) atoms. The molecule has 1 amide bonds. The van der Waals surface area contributed by atoms with E-state index in [1.807, 2.05) is 0 Å². The molecule has 1 unspecified atom stereocenters. The van der Waals surface area contributed by atoms with E-state index in [1.165, 1.54) is 14.2 Å². The van der Waals surface area contributed by atoms with Crippen molar-refractivity contribution in [2.75, 3.05) is 26.5 Å². The van der Waals surface area contributed by atoms with Crippen molar-refractivity contribution < 1.29 is 19.1 Å². The first-order valence-corrected chi connectivity index (χ1v) is 6.91. The van der Waals surface area contributed by atoms with Crippen LogP contribution >= 0.6 is 0 Å². The van der Waals surface area contributed by atoms with Crippen LogP contribution in [0.25, 0.3) is 0 Å². The molecule has 0 aromatic heterocycles. The van der Waals surface area contributed by atoms with E-state index >= 15 is 0 Å². The number of carbonyl (C=O) groups is 2. The summed E-state index contributed by atoms with van der Waals surface area (Å²) >= 11 is 0. The van der Waals surface area contributed by atoms with Crippen molar-refractivity contribution in [1.29, 1.82) is 0 Å². The molecule has 6 nitrogen and oxygen atoms in total. The lowest BCUT2D eigenvalue weighted by atomic mass is 10.0. The van der Waals surface area contributed by atoms with Crippen LogP contribution in [0, 0.1) is 0 Å². The Hall–Kier alpha value is -2.24. The summed E-state index contributed by atoms with van der Waals surface area (Å²) in [5, 5.41) is 0. The Labute approximate surface area is 123 Å². The Morgan fingerprint density at radius 1 is 1.29 bits per heavy atom. The number of likely N-dealkylation sites (tertiary alicyclic amines) is 1. The summed E-state index contributed by atoms with van der Waals surface area (Å²) in [5.41, 5.74) is 6.60. The summed E-state index contributed by atoms with van der Waals surface area (Å²) in [5.74, 6) is -0.295. The molecule has 1 saturated heterocycles. The number of hydrogen-bond donors (Lipinski definition) is 1. The molecule has 1 fully saturated rings. The fourth-order valence-corrected chi connectivity index (χ4v) is 2.66. The number of anilines is 1. The van der Waals surface area contributed by atoms with Crippen LogP contribution in [0.4, 0.5) is 5.69 Å². The van der Waals surface area contributed by atoms with Gasteiger partial charge in [0, 0.05) is 6.54 Å². The maximum Gasteiger partial charge on any atom is 0.328 e. The monoisotopic (exact) mass is 292 g/mol. The highest BCUT2D eigenvalue weighted by atomic mass is 16.5. The first kappa shape index (κ1) is 15.2. The fourth-order valence-electron chi connectivity index (χ4n) is 2.66. The maximum atomic E-state index is 12.7. The Morgan fingerprint density at radius 3 is 2.71 bits per heavy atom. The topological polar surface area (TPSA) is 81.9 Å². The van der Waals surface area contributed by atoms with E-state index in [-0.39, 0.29) is 11.9 Å². The van der Waals surface area contributed by atoms with Crippen molar-refractivity contribution in [2.45, 2.75) is 25.3 Å². The predicted octanol–water partition coefficient (Wildman–Crippen LogP) is 1.45. The summed E-state index contributed by atoms with van der Waals surface area (Å²) in [6.45, 7) is 0.524.